The van der Waals surface area contributed by atoms with Gasteiger partial charge in [-0.15, -0.1) is 12.1 Å². The summed E-state index contributed by atoms with van der Waals surface area (Å²) in [6.45, 7) is 1.82. The van der Waals surface area contributed by atoms with Crippen molar-refractivity contribution in [3.8, 4) is 17.0 Å². The first-order valence-electron chi connectivity index (χ1n) is 7.94. The van der Waals surface area contributed by atoms with Gasteiger partial charge in [-0.1, -0.05) is 24.2 Å². The molecule has 0 aliphatic heterocycles. The van der Waals surface area contributed by atoms with E-state index in [9.17, 15) is 13.6 Å². The third kappa shape index (κ3) is 7.50. The molecule has 1 aromatic carbocycles. The Morgan fingerprint density at radius 2 is 1.96 bits per heavy atom. The second-order valence-electron chi connectivity index (χ2n) is 5.28. The predicted octanol–water partition coefficient (Wildman–Crippen LogP) is 4.33. The molecule has 0 aliphatic carbocycles. The molecule has 3 aromatic rings. The van der Waals surface area contributed by atoms with E-state index in [4.69, 9.17) is 4.74 Å². The molecule has 2 aromatic heterocycles. The molecule has 2 heterocycles. The monoisotopic (exact) mass is 562 g/mol. The molecule has 3 rings (SSSR count). The van der Waals surface area contributed by atoms with Crippen molar-refractivity contribution in [1.29, 1.82) is 0 Å². The van der Waals surface area contributed by atoms with Crippen molar-refractivity contribution in [2.75, 3.05) is 7.11 Å². The van der Waals surface area contributed by atoms with E-state index in [-0.39, 0.29) is 31.6 Å². The van der Waals surface area contributed by atoms with Crippen LogP contribution in [0, 0.1) is 17.7 Å². The minimum Gasteiger partial charge on any atom is -0.649 e. The fraction of sp³-hybridized carbons (Fsp3) is 0.150. The second kappa shape index (κ2) is 11.9. The largest absolute Gasteiger partial charge is 0.649 e. The van der Waals surface area contributed by atoms with E-state index < -0.39 is 11.6 Å². The SMILES string of the molecule is CC(=O)[N-]Cc1ccccn1.COc1ccnc(-c2[c-]cc(F)cc2F)c1.[Ir]. The van der Waals surface area contributed by atoms with Crippen LogP contribution in [-0.2, 0) is 31.4 Å². The molecule has 1 amide bonds. The Morgan fingerprint density at radius 1 is 1.18 bits per heavy atom. The fourth-order valence-corrected chi connectivity index (χ4v) is 2.00. The first-order valence-corrected chi connectivity index (χ1v) is 7.94. The Balaban J connectivity index is 0.000000289. The second-order valence-corrected chi connectivity index (χ2v) is 5.28. The number of amides is 1. The summed E-state index contributed by atoms with van der Waals surface area (Å²) >= 11 is 0. The molecule has 8 heteroatoms. The third-order valence-electron chi connectivity index (χ3n) is 3.27. The van der Waals surface area contributed by atoms with Crippen molar-refractivity contribution < 1.29 is 38.4 Å². The first kappa shape index (κ1) is 23.3. The molecule has 28 heavy (non-hydrogen) atoms. The van der Waals surface area contributed by atoms with E-state index in [2.05, 4.69) is 21.4 Å². The average molecular weight is 562 g/mol. The number of carbonyl (C=O) groups excluding carboxylic acids is 1. The van der Waals surface area contributed by atoms with Crippen molar-refractivity contribution in [2.24, 2.45) is 0 Å². The molecule has 0 spiro atoms. The Kier molecular flexibility index (Phi) is 9.92. The average Bonchev–Trinajstić information content (AvgIpc) is 2.68. The fourth-order valence-electron chi connectivity index (χ4n) is 2.00. The number of hydrogen-bond acceptors (Lipinski definition) is 4. The standard InChI is InChI=1S/C12H8F2NO.C8H10N2O.Ir/c1-16-9-4-5-15-12(7-9)10-3-2-8(13)6-11(10)14;1-7(11)10-6-8-4-2-3-5-9-8;/h2,4-7H,1H3;2-5H,6H2,1H3,(H,10,11);/q-1;;/p-1. The van der Waals surface area contributed by atoms with Crippen molar-refractivity contribution in [3.05, 3.63) is 83.6 Å². The minimum atomic E-state index is -0.694. The molecule has 0 saturated carbocycles. The smallest absolute Gasteiger partial charge is 0.113 e. The summed E-state index contributed by atoms with van der Waals surface area (Å²) in [6.07, 6.45) is 3.18. The molecular formula is C20H17F2IrN3O2-2. The van der Waals surface area contributed by atoms with E-state index >= 15 is 0 Å². The van der Waals surface area contributed by atoms with Crippen LogP contribution >= 0.6 is 0 Å². The summed E-state index contributed by atoms with van der Waals surface area (Å²) in [6, 6.07) is 13.1. The van der Waals surface area contributed by atoms with Crippen LogP contribution < -0.4 is 4.74 Å². The Labute approximate surface area is 175 Å². The first-order chi connectivity index (χ1) is 13.0. The van der Waals surface area contributed by atoms with Gasteiger partial charge in [0.1, 0.15) is 5.75 Å². The summed E-state index contributed by atoms with van der Waals surface area (Å²) in [5.74, 6) is -0.956. The number of ether oxygens (including phenoxy) is 1. The molecule has 0 unspecified atom stereocenters. The van der Waals surface area contributed by atoms with Gasteiger partial charge in [0.05, 0.1) is 7.11 Å². The Hall–Kier alpha value is -2.70. The molecule has 0 saturated heterocycles. The van der Waals surface area contributed by atoms with Crippen molar-refractivity contribution in [1.82, 2.24) is 9.97 Å². The van der Waals surface area contributed by atoms with Gasteiger partial charge >= 0.3 is 0 Å². The Morgan fingerprint density at radius 3 is 2.57 bits per heavy atom. The molecular weight excluding hydrogens is 544 g/mol. The van der Waals surface area contributed by atoms with Gasteiger partial charge in [0, 0.05) is 55.7 Å². The molecule has 0 fully saturated rings. The number of carbonyl (C=O) groups is 1. The number of hydrogen-bond donors (Lipinski definition) is 0. The zero-order valence-corrected chi connectivity index (χ0v) is 17.5. The van der Waals surface area contributed by atoms with E-state index in [0.717, 1.165) is 17.8 Å². The van der Waals surface area contributed by atoms with E-state index in [1.807, 2.05) is 18.2 Å². The summed E-state index contributed by atoms with van der Waals surface area (Å²) < 4.78 is 31.1. The number of pyridine rings is 2. The van der Waals surface area contributed by atoms with Crippen LogP contribution in [0.15, 0.2) is 54.9 Å². The van der Waals surface area contributed by atoms with Gasteiger partial charge in [-0.2, -0.15) is 0 Å². The predicted molar refractivity (Wildman–Crippen MR) is 97.0 cm³/mol. The molecule has 149 valence electrons. The quantitative estimate of drug-likeness (QED) is 0.445. The van der Waals surface area contributed by atoms with Gasteiger partial charge in [-0.05, 0) is 36.9 Å². The molecule has 0 atom stereocenters. The topological polar surface area (TPSA) is 66.2 Å². The van der Waals surface area contributed by atoms with Crippen molar-refractivity contribution >= 4 is 5.91 Å². The zero-order valence-electron chi connectivity index (χ0n) is 15.2. The maximum atomic E-state index is 13.4. The van der Waals surface area contributed by atoms with Crippen molar-refractivity contribution in [3.63, 3.8) is 0 Å². The van der Waals surface area contributed by atoms with Crippen LogP contribution in [0.5, 0.6) is 5.75 Å². The van der Waals surface area contributed by atoms with Crippen LogP contribution in [0.25, 0.3) is 16.6 Å². The summed E-state index contributed by atoms with van der Waals surface area (Å²) in [5, 5.41) is 3.69. The summed E-state index contributed by atoms with van der Waals surface area (Å²) in [4.78, 5) is 18.4. The molecule has 1 radical (unpaired) electrons. The van der Waals surface area contributed by atoms with Crippen LogP contribution in [-0.4, -0.2) is 23.0 Å². The van der Waals surface area contributed by atoms with Crippen LogP contribution in [0.3, 0.4) is 0 Å². The number of nitrogens with zero attached hydrogens (tertiary/aromatic N) is 3. The van der Waals surface area contributed by atoms with Gasteiger partial charge < -0.3 is 19.8 Å². The normalized spacial score (nSPS) is 9.43. The number of halogens is 2. The van der Waals surface area contributed by atoms with Crippen LogP contribution in [0.2, 0.25) is 0 Å². The van der Waals surface area contributed by atoms with Gasteiger partial charge in [0.2, 0.25) is 0 Å². The van der Waals surface area contributed by atoms with E-state index in [0.29, 0.717) is 18.0 Å². The molecule has 5 nitrogen and oxygen atoms in total. The zero-order chi connectivity index (χ0) is 19.6. The Bertz CT molecular complexity index is 896. The number of benzene rings is 1. The van der Waals surface area contributed by atoms with Crippen LogP contribution in [0.1, 0.15) is 12.6 Å². The third-order valence-corrected chi connectivity index (χ3v) is 3.27. The van der Waals surface area contributed by atoms with Crippen LogP contribution in [0.4, 0.5) is 8.78 Å². The summed E-state index contributed by atoms with van der Waals surface area (Å²) in [5.41, 5.74) is 1.31. The maximum absolute atomic E-state index is 13.4. The van der Waals surface area contributed by atoms with Gasteiger partial charge in [-0.25, -0.2) is 0 Å². The van der Waals surface area contributed by atoms with Gasteiger partial charge in [0.25, 0.3) is 0 Å². The number of methoxy groups -OCH3 is 1. The molecule has 0 bridgehead atoms. The minimum absolute atomic E-state index is 0. The number of rotatable bonds is 4. The number of aromatic nitrogens is 2. The maximum Gasteiger partial charge on any atom is 0.113 e. The van der Waals surface area contributed by atoms with Crippen molar-refractivity contribution in [2.45, 2.75) is 13.5 Å². The summed E-state index contributed by atoms with van der Waals surface area (Å²) in [7, 11) is 1.50. The van der Waals surface area contributed by atoms with E-state index in [1.165, 1.54) is 20.2 Å². The molecule has 0 aliphatic rings. The van der Waals surface area contributed by atoms with E-state index in [1.54, 1.807) is 18.3 Å². The van der Waals surface area contributed by atoms with Gasteiger partial charge in [-0.3, -0.25) is 13.8 Å². The van der Waals surface area contributed by atoms with Gasteiger partial charge in [0.15, 0.2) is 0 Å². The molecule has 0 N–H and O–H groups in total.